The molecule has 0 unspecified atom stereocenters. The summed E-state index contributed by atoms with van der Waals surface area (Å²) in [4.78, 5) is 35.8. The smallest absolute Gasteiger partial charge is 0.811 e. The monoisotopic (exact) mass is 672 g/mol. The van der Waals surface area contributed by atoms with Gasteiger partial charge in [-0.2, -0.15) is 0 Å². The molecule has 0 heterocycles. The largest absolute Gasteiger partial charge is 1.00 e. The fourth-order valence-corrected chi connectivity index (χ4v) is 10.9. The van der Waals surface area contributed by atoms with Crippen molar-refractivity contribution in [2.24, 2.45) is 35.0 Å². The van der Waals surface area contributed by atoms with Gasteiger partial charge in [-0.3, -0.25) is 4.79 Å². The van der Waals surface area contributed by atoms with Gasteiger partial charge < -0.3 is 29.3 Å². The fourth-order valence-electron chi connectivity index (χ4n) is 9.98. The average molecular weight is 673 g/mol. The Kier molecular flexibility index (Phi) is 17.2. The summed E-state index contributed by atoms with van der Waals surface area (Å²) in [6.07, 6.45) is 18.5. The molecular weight excluding hydrogens is 618 g/mol. The van der Waals surface area contributed by atoms with Crippen LogP contribution in [0.5, 0.6) is 0 Å². The van der Waals surface area contributed by atoms with Crippen molar-refractivity contribution in [3.05, 3.63) is 0 Å². The second kappa shape index (κ2) is 18.3. The van der Waals surface area contributed by atoms with Crippen LogP contribution in [0.4, 0.5) is 0 Å². The molecule has 5 fully saturated rings. The number of ether oxygens (including phenoxy) is 1. The van der Waals surface area contributed by atoms with E-state index in [0.717, 1.165) is 89.9 Å². The number of aliphatic hydroxyl groups is 2. The van der Waals surface area contributed by atoms with Crippen molar-refractivity contribution in [1.29, 1.82) is 0 Å². The van der Waals surface area contributed by atoms with E-state index in [9.17, 15) is 29.4 Å². The minimum atomic E-state index is -4.54. The van der Waals surface area contributed by atoms with Gasteiger partial charge in [0.25, 0.3) is 0 Å². The summed E-state index contributed by atoms with van der Waals surface area (Å²) in [5, 5.41) is 20.4. The maximum absolute atomic E-state index is 13.1. The maximum atomic E-state index is 13.1. The summed E-state index contributed by atoms with van der Waals surface area (Å²) < 4.78 is 18.0. The molecule has 0 aromatic rings. The molecule has 2 N–H and O–H groups in total. The Labute approximate surface area is 345 Å². The van der Waals surface area contributed by atoms with Gasteiger partial charge in [0.15, 0.2) is 0 Å². The first-order valence-corrected chi connectivity index (χ1v) is 18.7. The predicted octanol–water partition coefficient (Wildman–Crippen LogP) is -0.721. The minimum absolute atomic E-state index is 0. The molecule has 7 nitrogen and oxygen atoms in total. The summed E-state index contributed by atoms with van der Waals surface area (Å²) in [7, 11) is -4.54. The Bertz CT molecular complexity index is 869. The molecule has 0 atom stereocenters. The van der Waals surface area contributed by atoms with E-state index in [2.05, 4.69) is 6.92 Å². The van der Waals surface area contributed by atoms with Gasteiger partial charge >= 0.3 is 103 Å². The zero-order valence-corrected chi connectivity index (χ0v) is 34.4. The number of rotatable bonds is 8. The van der Waals surface area contributed by atoms with Crippen LogP contribution in [0.25, 0.3) is 0 Å². The Hall–Kier alpha value is 2.97. The van der Waals surface area contributed by atoms with Gasteiger partial charge in [0.1, 0.15) is 5.78 Å². The third kappa shape index (κ3) is 10.5. The quantitative estimate of drug-likeness (QED) is 0.257. The summed E-state index contributed by atoms with van der Waals surface area (Å²) >= 11 is 0. The van der Waals surface area contributed by atoms with Crippen LogP contribution >= 0.6 is 7.60 Å². The van der Waals surface area contributed by atoms with Gasteiger partial charge in [0.05, 0.1) is 24.4 Å². The normalized spacial score (nSPS) is 40.8. The van der Waals surface area contributed by atoms with Gasteiger partial charge in [-0.05, 0) is 157 Å². The Morgan fingerprint density at radius 3 is 1.30 bits per heavy atom. The molecule has 0 amide bonds. The summed E-state index contributed by atoms with van der Waals surface area (Å²) in [6, 6.07) is 0. The molecule has 5 aliphatic rings. The van der Waals surface area contributed by atoms with E-state index in [0.29, 0.717) is 55.3 Å². The topological polar surface area (TPSA) is 130 Å². The molecule has 5 saturated carbocycles. The van der Waals surface area contributed by atoms with Crippen LogP contribution in [0.3, 0.4) is 0 Å². The van der Waals surface area contributed by atoms with E-state index in [4.69, 9.17) is 4.74 Å². The molecule has 5 rings (SSSR count). The minimum Gasteiger partial charge on any atom is -0.811 e. The van der Waals surface area contributed by atoms with E-state index in [1.165, 1.54) is 12.8 Å². The van der Waals surface area contributed by atoms with E-state index >= 15 is 0 Å². The van der Waals surface area contributed by atoms with Crippen LogP contribution in [-0.2, 0) is 14.1 Å². The Morgan fingerprint density at radius 2 is 0.930 bits per heavy atom. The van der Waals surface area contributed by atoms with Crippen molar-refractivity contribution in [3.63, 3.8) is 0 Å². The molecule has 10 heteroatoms. The van der Waals surface area contributed by atoms with Gasteiger partial charge in [-0.1, -0.05) is 14.5 Å². The molecule has 0 spiro atoms. The second-order valence-corrected chi connectivity index (χ2v) is 16.7. The first-order chi connectivity index (χ1) is 19.5. The number of hydrogen-bond acceptors (Lipinski definition) is 7. The van der Waals surface area contributed by atoms with E-state index < -0.39 is 13.3 Å². The van der Waals surface area contributed by atoms with Crippen molar-refractivity contribution < 1.29 is 137 Å². The summed E-state index contributed by atoms with van der Waals surface area (Å²) in [5.41, 5.74) is -0.504. The van der Waals surface area contributed by atoms with Gasteiger partial charge in [-0.15, -0.1) is 0 Å². The van der Waals surface area contributed by atoms with Gasteiger partial charge in [0, 0.05) is 11.8 Å². The van der Waals surface area contributed by atoms with Crippen molar-refractivity contribution in [1.82, 2.24) is 0 Å². The van der Waals surface area contributed by atoms with Crippen LogP contribution < -0.4 is 113 Å². The fraction of sp³-hybridized carbons (Fsp3) is 0.970. The predicted molar refractivity (Wildman–Crippen MR) is 155 cm³/mol. The maximum Gasteiger partial charge on any atom is 1.00 e. The molecule has 0 bridgehead atoms. The first kappa shape index (κ1) is 40.4. The standard InChI is InChI=1S/C33H57O7P.2K/c1-33(24-6-12-27(34)13-7-24,25-8-14-28(35)15-9-25)26-10-18-30(19-11-26)40-29-16-2-22(3-17-29)32(36)23-4-20-31(21-5-23)41(37,38)39;;/h22-31,34-35H,2-21H2,1H3,(H2,37,38,39);;/q;2*+1/p-2. The number of aliphatic hydroxyl groups excluding tert-OH is 2. The van der Waals surface area contributed by atoms with Crippen molar-refractivity contribution >= 4 is 13.4 Å². The van der Waals surface area contributed by atoms with E-state index in [1.54, 1.807) is 0 Å². The zero-order valence-electron chi connectivity index (χ0n) is 27.3. The molecular formula is C33H55K2O7P. The number of carbonyl (C=O) groups is 1. The van der Waals surface area contributed by atoms with Crippen LogP contribution in [0, 0.1) is 35.0 Å². The van der Waals surface area contributed by atoms with Crippen molar-refractivity contribution in [2.75, 3.05) is 0 Å². The van der Waals surface area contributed by atoms with Crippen molar-refractivity contribution in [2.45, 2.75) is 165 Å². The first-order valence-electron chi connectivity index (χ1n) is 17.1. The third-order valence-corrected chi connectivity index (χ3v) is 14.1. The third-order valence-electron chi connectivity index (χ3n) is 12.7. The number of carbonyl (C=O) groups excluding carboxylic acids is 1. The second-order valence-electron chi connectivity index (χ2n) is 14.9. The molecule has 0 aromatic heterocycles. The Balaban J connectivity index is 0.00000253. The SMILES string of the molecule is CC(C1CCC(O)CC1)(C1CCC(O)CC1)C1CCC(OC2CCC(C(=O)C3CCC(P(=O)([O-])[O-])CC3)CC2)CC1.[K+].[K+]. The molecule has 236 valence electrons. The molecule has 0 aromatic carbocycles. The molecule has 0 radical (unpaired) electrons. The zero-order chi connectivity index (χ0) is 29.2. The van der Waals surface area contributed by atoms with Gasteiger partial charge in [-0.25, -0.2) is 0 Å². The molecule has 5 aliphatic carbocycles. The van der Waals surface area contributed by atoms with Crippen LogP contribution in [0.2, 0.25) is 0 Å². The average Bonchev–Trinajstić information content (AvgIpc) is 2.97. The van der Waals surface area contributed by atoms with Crippen LogP contribution in [0.1, 0.15) is 135 Å². The number of ketones is 1. The molecule has 0 aliphatic heterocycles. The molecule has 43 heavy (non-hydrogen) atoms. The number of hydrogen-bond donors (Lipinski definition) is 2. The summed E-state index contributed by atoms with van der Waals surface area (Å²) in [5.74, 6) is 2.29. The van der Waals surface area contributed by atoms with E-state index in [-0.39, 0.29) is 138 Å². The Morgan fingerprint density at radius 1 is 0.605 bits per heavy atom. The van der Waals surface area contributed by atoms with Crippen LogP contribution in [-0.4, -0.2) is 46.1 Å². The van der Waals surface area contributed by atoms with Gasteiger partial charge in [0.2, 0.25) is 0 Å². The summed E-state index contributed by atoms with van der Waals surface area (Å²) in [6.45, 7) is 2.56. The molecule has 0 saturated heterocycles. The number of Topliss-reactive ketones (excluding diaryl/α,β-unsaturated/α-hetero) is 1. The van der Waals surface area contributed by atoms with Crippen molar-refractivity contribution in [3.8, 4) is 0 Å². The van der Waals surface area contributed by atoms with E-state index in [1.807, 2.05) is 0 Å². The van der Waals surface area contributed by atoms with Crippen LogP contribution in [0.15, 0.2) is 0 Å².